The Bertz CT molecular complexity index is 1180. The van der Waals surface area contributed by atoms with Crippen LogP contribution in [-0.2, 0) is 16.1 Å². The SMILES string of the molecule is CNC(=O)CNc1nc2cnc(-c3ccc(OC)nc3)cc2n(CCOCC(F)(F)F)c1=O. The van der Waals surface area contributed by atoms with Gasteiger partial charge in [0, 0.05) is 31.4 Å². The molecule has 0 aliphatic rings. The summed E-state index contributed by atoms with van der Waals surface area (Å²) in [5.41, 5.74) is 1.12. The Hall–Kier alpha value is -3.74. The minimum absolute atomic E-state index is 0.136. The van der Waals surface area contributed by atoms with Gasteiger partial charge in [-0.1, -0.05) is 0 Å². The Morgan fingerprint density at radius 2 is 2.00 bits per heavy atom. The van der Waals surface area contributed by atoms with E-state index in [0.29, 0.717) is 28.2 Å². The number of halogens is 3. The molecule has 0 bridgehead atoms. The van der Waals surface area contributed by atoms with Crippen molar-refractivity contribution in [3.8, 4) is 17.1 Å². The van der Waals surface area contributed by atoms with Crippen molar-refractivity contribution in [2.24, 2.45) is 0 Å². The molecule has 0 aliphatic heterocycles. The first-order valence-electron chi connectivity index (χ1n) is 9.72. The van der Waals surface area contributed by atoms with Gasteiger partial charge in [-0.3, -0.25) is 14.6 Å². The van der Waals surface area contributed by atoms with Crippen LogP contribution in [0.3, 0.4) is 0 Å². The number of hydrogen-bond acceptors (Lipinski definition) is 8. The summed E-state index contributed by atoms with van der Waals surface area (Å²) in [5, 5.41) is 5.05. The fourth-order valence-corrected chi connectivity index (χ4v) is 2.89. The van der Waals surface area contributed by atoms with Gasteiger partial charge in [0.05, 0.1) is 37.7 Å². The molecule has 0 aromatic carbocycles. The molecule has 3 aromatic rings. The average Bonchev–Trinajstić information content (AvgIpc) is 2.80. The first-order chi connectivity index (χ1) is 15.7. The molecule has 0 fully saturated rings. The first-order valence-corrected chi connectivity index (χ1v) is 9.72. The summed E-state index contributed by atoms with van der Waals surface area (Å²) in [6.45, 7) is -2.18. The maximum atomic E-state index is 13.0. The molecule has 2 N–H and O–H groups in total. The Labute approximate surface area is 185 Å². The second kappa shape index (κ2) is 10.3. The number of carbonyl (C=O) groups excluding carboxylic acids is 1. The van der Waals surface area contributed by atoms with Gasteiger partial charge in [-0.05, 0) is 12.1 Å². The van der Waals surface area contributed by atoms with Gasteiger partial charge in [0.2, 0.25) is 11.8 Å². The number of nitrogens with one attached hydrogen (secondary N) is 2. The Morgan fingerprint density at radius 3 is 2.64 bits per heavy atom. The Balaban J connectivity index is 1.99. The van der Waals surface area contributed by atoms with Crippen molar-refractivity contribution in [2.75, 3.05) is 39.2 Å². The van der Waals surface area contributed by atoms with Crippen LogP contribution in [0.2, 0.25) is 0 Å². The highest BCUT2D eigenvalue weighted by molar-refractivity contribution is 5.82. The highest BCUT2D eigenvalue weighted by Crippen LogP contribution is 2.22. The number of alkyl halides is 3. The van der Waals surface area contributed by atoms with E-state index >= 15 is 0 Å². The molecular weight excluding hydrogens is 445 g/mol. The van der Waals surface area contributed by atoms with Gasteiger partial charge in [0.25, 0.3) is 5.56 Å². The number of nitrogens with zero attached hydrogens (tertiary/aromatic N) is 4. The summed E-state index contributed by atoms with van der Waals surface area (Å²) in [6.07, 6.45) is -1.52. The molecule has 0 radical (unpaired) electrons. The normalized spacial score (nSPS) is 11.4. The van der Waals surface area contributed by atoms with Crippen molar-refractivity contribution in [3.63, 3.8) is 0 Å². The number of anilines is 1. The number of carbonyl (C=O) groups is 1. The maximum absolute atomic E-state index is 13.0. The van der Waals surface area contributed by atoms with Gasteiger partial charge in [-0.25, -0.2) is 9.97 Å². The van der Waals surface area contributed by atoms with Crippen LogP contribution in [0.25, 0.3) is 22.3 Å². The number of methoxy groups -OCH3 is 1. The number of ether oxygens (including phenoxy) is 2. The van der Waals surface area contributed by atoms with Crippen LogP contribution in [-0.4, -0.2) is 65.5 Å². The third-order valence-electron chi connectivity index (χ3n) is 4.49. The molecule has 0 aliphatic carbocycles. The van der Waals surface area contributed by atoms with E-state index in [9.17, 15) is 22.8 Å². The van der Waals surface area contributed by atoms with Gasteiger partial charge in [-0.2, -0.15) is 13.2 Å². The van der Waals surface area contributed by atoms with Crippen LogP contribution >= 0.6 is 0 Å². The van der Waals surface area contributed by atoms with Crippen LogP contribution in [0.4, 0.5) is 19.0 Å². The van der Waals surface area contributed by atoms with Crippen molar-refractivity contribution in [2.45, 2.75) is 12.7 Å². The zero-order chi connectivity index (χ0) is 24.0. The predicted octanol–water partition coefficient (Wildman–Crippen LogP) is 1.60. The summed E-state index contributed by atoms with van der Waals surface area (Å²) in [4.78, 5) is 37.2. The van der Waals surface area contributed by atoms with E-state index in [2.05, 4.69) is 30.3 Å². The number of pyridine rings is 2. The standard InChI is InChI=1S/C20H21F3N6O4/c1-24-16(30)10-27-18-19(31)29(5-6-33-11-20(21,22)23)15-7-13(25-9-14(15)28-18)12-3-4-17(32-2)26-8-12/h3-4,7-9H,5-6,10-11H2,1-2H3,(H,24,30)(H,27,28). The molecule has 176 valence electrons. The van der Waals surface area contributed by atoms with Crippen LogP contribution in [0, 0.1) is 0 Å². The third-order valence-corrected chi connectivity index (χ3v) is 4.49. The van der Waals surface area contributed by atoms with Crippen LogP contribution < -0.4 is 20.9 Å². The second-order valence-electron chi connectivity index (χ2n) is 6.76. The Kier molecular flexibility index (Phi) is 7.43. The number of rotatable bonds is 9. The zero-order valence-corrected chi connectivity index (χ0v) is 17.8. The van der Waals surface area contributed by atoms with E-state index in [1.165, 1.54) is 31.1 Å². The second-order valence-corrected chi connectivity index (χ2v) is 6.76. The summed E-state index contributed by atoms with van der Waals surface area (Å²) < 4.78 is 48.2. The number of hydrogen-bond donors (Lipinski definition) is 2. The van der Waals surface area contributed by atoms with Crippen molar-refractivity contribution < 1.29 is 27.4 Å². The number of likely N-dealkylation sites (N-methyl/N-ethyl adjacent to an activating group) is 1. The van der Waals surface area contributed by atoms with E-state index in [1.807, 2.05) is 0 Å². The number of aromatic nitrogens is 4. The summed E-state index contributed by atoms with van der Waals surface area (Å²) in [7, 11) is 2.92. The molecule has 0 saturated heterocycles. The van der Waals surface area contributed by atoms with Crippen LogP contribution in [0.5, 0.6) is 5.88 Å². The summed E-state index contributed by atoms with van der Waals surface area (Å²) >= 11 is 0. The molecule has 3 aromatic heterocycles. The van der Waals surface area contributed by atoms with E-state index in [4.69, 9.17) is 4.74 Å². The average molecular weight is 466 g/mol. The van der Waals surface area contributed by atoms with Crippen molar-refractivity contribution in [1.29, 1.82) is 0 Å². The highest BCUT2D eigenvalue weighted by Gasteiger charge is 2.27. The molecule has 0 unspecified atom stereocenters. The number of fused-ring (bicyclic) bond motifs is 1. The van der Waals surface area contributed by atoms with Gasteiger partial charge < -0.3 is 24.7 Å². The minimum Gasteiger partial charge on any atom is -0.481 e. The fraction of sp³-hybridized carbons (Fsp3) is 0.350. The summed E-state index contributed by atoms with van der Waals surface area (Å²) in [5.74, 6) is -0.105. The van der Waals surface area contributed by atoms with E-state index in [1.54, 1.807) is 18.2 Å². The molecule has 13 heteroatoms. The molecule has 0 saturated carbocycles. The number of amides is 1. The molecule has 3 rings (SSSR count). The van der Waals surface area contributed by atoms with Crippen molar-refractivity contribution >= 4 is 22.8 Å². The molecule has 0 spiro atoms. The molecule has 10 nitrogen and oxygen atoms in total. The van der Waals surface area contributed by atoms with Crippen molar-refractivity contribution in [1.82, 2.24) is 24.8 Å². The molecule has 33 heavy (non-hydrogen) atoms. The fourth-order valence-electron chi connectivity index (χ4n) is 2.89. The van der Waals surface area contributed by atoms with Gasteiger partial charge in [-0.15, -0.1) is 0 Å². The van der Waals surface area contributed by atoms with Crippen molar-refractivity contribution in [3.05, 3.63) is 40.9 Å². The summed E-state index contributed by atoms with van der Waals surface area (Å²) in [6, 6.07) is 4.95. The van der Waals surface area contributed by atoms with Crippen LogP contribution in [0.1, 0.15) is 0 Å². The molecule has 1 amide bonds. The quantitative estimate of drug-likeness (QED) is 0.457. The van der Waals surface area contributed by atoms with Gasteiger partial charge in [0.15, 0.2) is 5.82 Å². The molecule has 3 heterocycles. The monoisotopic (exact) mass is 466 g/mol. The minimum atomic E-state index is -4.48. The lowest BCUT2D eigenvalue weighted by Crippen LogP contribution is -2.32. The molecule has 0 atom stereocenters. The third kappa shape index (κ3) is 6.16. The predicted molar refractivity (Wildman–Crippen MR) is 113 cm³/mol. The van der Waals surface area contributed by atoms with Gasteiger partial charge in [0.1, 0.15) is 12.1 Å². The zero-order valence-electron chi connectivity index (χ0n) is 17.8. The first kappa shape index (κ1) is 23.9. The van der Waals surface area contributed by atoms with E-state index in [0.717, 1.165) is 0 Å². The largest absolute Gasteiger partial charge is 0.481 e. The maximum Gasteiger partial charge on any atom is 0.411 e. The Morgan fingerprint density at radius 1 is 1.21 bits per heavy atom. The van der Waals surface area contributed by atoms with Gasteiger partial charge >= 0.3 is 6.18 Å². The van der Waals surface area contributed by atoms with E-state index < -0.39 is 18.3 Å². The lowest BCUT2D eigenvalue weighted by atomic mass is 10.2. The topological polar surface area (TPSA) is 120 Å². The smallest absolute Gasteiger partial charge is 0.411 e. The lowest BCUT2D eigenvalue weighted by molar-refractivity contribution is -0.174. The van der Waals surface area contributed by atoms with E-state index in [-0.39, 0.29) is 31.4 Å². The molecular formula is C20H21F3N6O4. The lowest BCUT2D eigenvalue weighted by Gasteiger charge is -2.14. The van der Waals surface area contributed by atoms with Crippen LogP contribution in [0.15, 0.2) is 35.4 Å². The highest BCUT2D eigenvalue weighted by atomic mass is 19.4.